The minimum absolute atomic E-state index is 0.0873. The highest BCUT2D eigenvalue weighted by molar-refractivity contribution is 7.99. The highest BCUT2D eigenvalue weighted by Gasteiger charge is 2.20. The van der Waals surface area contributed by atoms with Crippen molar-refractivity contribution in [3.63, 3.8) is 0 Å². The van der Waals surface area contributed by atoms with Crippen LogP contribution in [0.25, 0.3) is 20.4 Å². The number of aromatic nitrogens is 3. The SMILES string of the molecule is C[C@@H](Cn1c(SCC(=O)c2ccccc2Cl)nc2c(sc3ncccc32)c1=O)c1ccccc1. The van der Waals surface area contributed by atoms with E-state index >= 15 is 0 Å². The number of Topliss-reactive ketones (excluding diaryl/α,β-unsaturated/α-hetero) is 1. The third-order valence-corrected chi connectivity index (χ3v) is 8.05. The predicted octanol–water partition coefficient (Wildman–Crippen LogP) is 6.44. The van der Waals surface area contributed by atoms with Crippen molar-refractivity contribution in [3.05, 3.63) is 99.4 Å². The smallest absolute Gasteiger partial charge is 0.272 e. The number of halogens is 1. The summed E-state index contributed by atoms with van der Waals surface area (Å²) in [6.07, 6.45) is 1.71. The largest absolute Gasteiger partial charge is 0.293 e. The molecule has 0 aliphatic heterocycles. The van der Waals surface area contributed by atoms with Crippen LogP contribution in [0.3, 0.4) is 0 Å². The van der Waals surface area contributed by atoms with Crippen molar-refractivity contribution in [3.8, 4) is 0 Å². The molecule has 8 heteroatoms. The van der Waals surface area contributed by atoms with Gasteiger partial charge in [-0.15, -0.1) is 11.3 Å². The van der Waals surface area contributed by atoms with E-state index < -0.39 is 0 Å². The zero-order valence-corrected chi connectivity index (χ0v) is 20.7. The van der Waals surface area contributed by atoms with Crippen molar-refractivity contribution in [2.45, 2.75) is 24.5 Å². The predicted molar refractivity (Wildman–Crippen MR) is 141 cm³/mol. The zero-order valence-electron chi connectivity index (χ0n) is 18.3. The van der Waals surface area contributed by atoms with E-state index in [1.165, 1.54) is 23.1 Å². The molecule has 2 aromatic carbocycles. The van der Waals surface area contributed by atoms with Gasteiger partial charge in [-0.25, -0.2) is 9.97 Å². The Hall–Kier alpha value is -3.00. The molecule has 0 saturated heterocycles. The molecule has 34 heavy (non-hydrogen) atoms. The van der Waals surface area contributed by atoms with E-state index in [1.807, 2.05) is 30.3 Å². The van der Waals surface area contributed by atoms with E-state index in [-0.39, 0.29) is 23.0 Å². The molecule has 0 aliphatic rings. The maximum absolute atomic E-state index is 13.6. The number of hydrogen-bond donors (Lipinski definition) is 0. The third-order valence-electron chi connectivity index (χ3n) is 5.65. The first kappa shape index (κ1) is 22.8. The van der Waals surface area contributed by atoms with Gasteiger partial charge in [-0.2, -0.15) is 0 Å². The first-order valence-corrected chi connectivity index (χ1v) is 12.9. The zero-order chi connectivity index (χ0) is 23.7. The Bertz CT molecular complexity index is 1560. The first-order valence-electron chi connectivity index (χ1n) is 10.8. The molecule has 3 heterocycles. The molecule has 5 rings (SSSR count). The molecule has 0 unspecified atom stereocenters. The summed E-state index contributed by atoms with van der Waals surface area (Å²) in [6.45, 7) is 2.54. The number of fused-ring (bicyclic) bond motifs is 3. The number of nitrogens with zero attached hydrogens (tertiary/aromatic N) is 3. The van der Waals surface area contributed by atoms with E-state index in [9.17, 15) is 9.59 Å². The van der Waals surface area contributed by atoms with Crippen molar-refractivity contribution >= 4 is 60.9 Å². The molecule has 0 spiro atoms. The average molecular weight is 506 g/mol. The second-order valence-corrected chi connectivity index (χ2v) is 10.3. The number of carbonyl (C=O) groups excluding carboxylic acids is 1. The Kier molecular flexibility index (Phi) is 6.50. The molecule has 0 bridgehead atoms. The molecule has 0 radical (unpaired) electrons. The standard InChI is InChI=1S/C26H20ClN3O2S2/c1-16(17-8-3-2-4-9-17)14-30-25(32)23-22(19-11-7-13-28-24(19)34-23)29-26(30)33-15-21(31)18-10-5-6-12-20(18)27/h2-13,16H,14-15H2,1H3/t16-/m0/s1. The number of ketones is 1. The summed E-state index contributed by atoms with van der Waals surface area (Å²) in [6, 6.07) is 20.8. The average Bonchev–Trinajstić information content (AvgIpc) is 3.24. The third kappa shape index (κ3) is 4.39. The number of hydrogen-bond acceptors (Lipinski definition) is 6. The molecular formula is C26H20ClN3O2S2. The highest BCUT2D eigenvalue weighted by Crippen LogP contribution is 2.31. The van der Waals surface area contributed by atoms with Gasteiger partial charge in [-0.1, -0.05) is 72.8 Å². The topological polar surface area (TPSA) is 64.8 Å². The monoisotopic (exact) mass is 505 g/mol. The summed E-state index contributed by atoms with van der Waals surface area (Å²) < 4.78 is 2.27. The van der Waals surface area contributed by atoms with Gasteiger partial charge in [-0.05, 0) is 35.7 Å². The van der Waals surface area contributed by atoms with E-state index in [0.717, 1.165) is 15.8 Å². The van der Waals surface area contributed by atoms with Crippen LogP contribution in [0.5, 0.6) is 0 Å². The summed E-state index contributed by atoms with van der Waals surface area (Å²) in [5.41, 5.74) is 2.13. The molecule has 0 saturated carbocycles. The van der Waals surface area contributed by atoms with Crippen LogP contribution >= 0.6 is 34.7 Å². The van der Waals surface area contributed by atoms with Crippen molar-refractivity contribution in [1.82, 2.24) is 14.5 Å². The molecule has 0 amide bonds. The quantitative estimate of drug-likeness (QED) is 0.145. The van der Waals surface area contributed by atoms with Gasteiger partial charge in [-0.3, -0.25) is 14.2 Å². The second kappa shape index (κ2) is 9.70. The number of thioether (sulfide) groups is 1. The maximum atomic E-state index is 13.6. The molecular weight excluding hydrogens is 486 g/mol. The lowest BCUT2D eigenvalue weighted by Gasteiger charge is -2.17. The van der Waals surface area contributed by atoms with Gasteiger partial charge in [0.2, 0.25) is 0 Å². The number of carbonyl (C=O) groups is 1. The highest BCUT2D eigenvalue weighted by atomic mass is 35.5. The van der Waals surface area contributed by atoms with Crippen LogP contribution in [0, 0.1) is 0 Å². The van der Waals surface area contributed by atoms with E-state index in [0.29, 0.717) is 32.5 Å². The lowest BCUT2D eigenvalue weighted by atomic mass is 10.0. The number of benzene rings is 2. The van der Waals surface area contributed by atoms with Gasteiger partial charge < -0.3 is 0 Å². The number of thiophene rings is 1. The van der Waals surface area contributed by atoms with Crippen LogP contribution in [0.4, 0.5) is 0 Å². The Morgan fingerprint density at radius 1 is 1.09 bits per heavy atom. The Morgan fingerprint density at radius 2 is 1.85 bits per heavy atom. The first-order chi connectivity index (χ1) is 16.5. The number of rotatable bonds is 7. The van der Waals surface area contributed by atoms with Gasteiger partial charge >= 0.3 is 0 Å². The van der Waals surface area contributed by atoms with Crippen molar-refractivity contribution < 1.29 is 4.79 Å². The van der Waals surface area contributed by atoms with Crippen molar-refractivity contribution in [2.75, 3.05) is 5.75 Å². The fraction of sp³-hybridized carbons (Fsp3) is 0.154. The van der Waals surface area contributed by atoms with E-state index in [2.05, 4.69) is 24.0 Å². The number of pyridine rings is 1. The van der Waals surface area contributed by atoms with Crippen LogP contribution in [-0.4, -0.2) is 26.1 Å². The van der Waals surface area contributed by atoms with E-state index in [1.54, 1.807) is 35.0 Å². The van der Waals surface area contributed by atoms with Crippen LogP contribution < -0.4 is 5.56 Å². The Balaban J connectivity index is 1.57. The molecule has 5 nitrogen and oxygen atoms in total. The fourth-order valence-corrected chi connectivity index (χ4v) is 6.03. The Labute approximate surface area is 209 Å². The van der Waals surface area contributed by atoms with Crippen molar-refractivity contribution in [2.24, 2.45) is 0 Å². The van der Waals surface area contributed by atoms with Crippen LogP contribution in [-0.2, 0) is 6.54 Å². The molecule has 0 fully saturated rings. The summed E-state index contributed by atoms with van der Waals surface area (Å²) in [5, 5.41) is 1.79. The van der Waals surface area contributed by atoms with Crippen LogP contribution in [0.1, 0.15) is 28.8 Å². The van der Waals surface area contributed by atoms with Gasteiger partial charge in [0, 0.05) is 23.7 Å². The molecule has 5 aromatic rings. The minimum Gasteiger partial charge on any atom is -0.293 e. The molecule has 170 valence electrons. The summed E-state index contributed by atoms with van der Waals surface area (Å²) in [5.74, 6) is 0.107. The fourth-order valence-electron chi connectivity index (χ4n) is 3.87. The maximum Gasteiger partial charge on any atom is 0.272 e. The van der Waals surface area contributed by atoms with Gasteiger partial charge in [0.1, 0.15) is 9.53 Å². The lowest BCUT2D eigenvalue weighted by Crippen LogP contribution is -2.25. The molecule has 0 aliphatic carbocycles. The van der Waals surface area contributed by atoms with E-state index in [4.69, 9.17) is 16.6 Å². The molecule has 0 N–H and O–H groups in total. The second-order valence-electron chi connectivity index (χ2n) is 7.95. The summed E-state index contributed by atoms with van der Waals surface area (Å²) >= 11 is 8.84. The summed E-state index contributed by atoms with van der Waals surface area (Å²) in [7, 11) is 0. The Morgan fingerprint density at radius 3 is 2.65 bits per heavy atom. The molecule has 1 atom stereocenters. The van der Waals surface area contributed by atoms with Gasteiger partial charge in [0.05, 0.1) is 16.3 Å². The van der Waals surface area contributed by atoms with Crippen LogP contribution in [0.2, 0.25) is 5.02 Å². The van der Waals surface area contributed by atoms with Crippen molar-refractivity contribution in [1.29, 1.82) is 0 Å². The van der Waals surface area contributed by atoms with Gasteiger partial charge in [0.15, 0.2) is 10.9 Å². The van der Waals surface area contributed by atoms with Gasteiger partial charge in [0.25, 0.3) is 5.56 Å². The lowest BCUT2D eigenvalue weighted by molar-refractivity contribution is 0.102. The molecule has 3 aromatic heterocycles. The summed E-state index contributed by atoms with van der Waals surface area (Å²) in [4.78, 5) is 36.6. The van der Waals surface area contributed by atoms with Crippen LogP contribution in [0.15, 0.2) is 82.9 Å². The normalized spacial score (nSPS) is 12.3. The minimum atomic E-state index is -0.108.